The van der Waals surface area contributed by atoms with E-state index in [1.165, 1.54) is 6.07 Å². The molecule has 0 fully saturated rings. The molecule has 0 saturated carbocycles. The average molecular weight is 182 g/mol. The lowest BCUT2D eigenvalue weighted by Gasteiger charge is -1.99. The maximum absolute atomic E-state index is 13.2. The molecule has 0 radical (unpaired) electrons. The Hall–Kier alpha value is -1.09. The van der Waals surface area contributed by atoms with Gasteiger partial charge in [-0.25, -0.2) is 4.39 Å². The molecule has 2 N–H and O–H groups in total. The highest BCUT2D eigenvalue weighted by Crippen LogP contribution is 2.19. The number of hydrogen-bond acceptors (Lipinski definition) is 3. The SMILES string of the molecule is NCc1cccc(N=C=S)c1F. The van der Waals surface area contributed by atoms with E-state index in [0.29, 0.717) is 5.56 Å². The lowest BCUT2D eigenvalue weighted by molar-refractivity contribution is 0.613. The first-order valence-corrected chi connectivity index (χ1v) is 3.75. The third-order valence-corrected chi connectivity index (χ3v) is 1.54. The van der Waals surface area contributed by atoms with E-state index < -0.39 is 5.82 Å². The van der Waals surface area contributed by atoms with Crippen LogP contribution in [0.25, 0.3) is 0 Å². The van der Waals surface area contributed by atoms with Crippen LogP contribution in [0.5, 0.6) is 0 Å². The number of halogens is 1. The predicted octanol–water partition coefficient (Wildman–Crippen LogP) is 2.02. The van der Waals surface area contributed by atoms with Gasteiger partial charge in [0.2, 0.25) is 0 Å². The van der Waals surface area contributed by atoms with Crippen molar-refractivity contribution in [2.45, 2.75) is 6.54 Å². The zero-order valence-electron chi connectivity index (χ0n) is 6.25. The first kappa shape index (κ1) is 9.00. The van der Waals surface area contributed by atoms with Gasteiger partial charge in [-0.15, -0.1) is 0 Å². The molecule has 0 atom stereocenters. The minimum absolute atomic E-state index is 0.159. The van der Waals surface area contributed by atoms with Gasteiger partial charge in [0, 0.05) is 12.1 Å². The number of rotatable bonds is 2. The summed E-state index contributed by atoms with van der Waals surface area (Å²) in [5.41, 5.74) is 5.91. The molecule has 0 aliphatic carbocycles. The maximum Gasteiger partial charge on any atom is 0.154 e. The zero-order valence-corrected chi connectivity index (χ0v) is 7.07. The van der Waals surface area contributed by atoms with Crippen LogP contribution in [0.3, 0.4) is 0 Å². The summed E-state index contributed by atoms with van der Waals surface area (Å²) in [6.07, 6.45) is 0. The smallest absolute Gasteiger partial charge is 0.154 e. The normalized spacial score (nSPS) is 9.17. The molecule has 0 aliphatic rings. The molecule has 0 saturated heterocycles. The molecular weight excluding hydrogens is 175 g/mol. The van der Waals surface area contributed by atoms with Crippen LogP contribution >= 0.6 is 12.2 Å². The fourth-order valence-electron chi connectivity index (χ4n) is 0.859. The molecule has 0 spiro atoms. The molecule has 0 aliphatic heterocycles. The fourth-order valence-corrected chi connectivity index (χ4v) is 0.958. The Kier molecular flexibility index (Phi) is 3.05. The van der Waals surface area contributed by atoms with Gasteiger partial charge < -0.3 is 5.73 Å². The molecule has 0 heterocycles. The van der Waals surface area contributed by atoms with Crippen LogP contribution in [0.4, 0.5) is 10.1 Å². The predicted molar refractivity (Wildman–Crippen MR) is 49.0 cm³/mol. The number of aliphatic imine (C=N–C) groups is 1. The van der Waals surface area contributed by atoms with Crippen molar-refractivity contribution in [1.29, 1.82) is 0 Å². The third kappa shape index (κ3) is 1.74. The molecule has 12 heavy (non-hydrogen) atoms. The van der Waals surface area contributed by atoms with Gasteiger partial charge in [-0.2, -0.15) is 4.99 Å². The van der Waals surface area contributed by atoms with Crippen LogP contribution in [0.1, 0.15) is 5.56 Å². The van der Waals surface area contributed by atoms with Crippen LogP contribution in [0.2, 0.25) is 0 Å². The van der Waals surface area contributed by atoms with E-state index in [-0.39, 0.29) is 12.2 Å². The van der Waals surface area contributed by atoms with Crippen LogP contribution in [-0.2, 0) is 6.54 Å². The standard InChI is InChI=1S/C8H7FN2S/c9-8-6(4-10)2-1-3-7(8)11-5-12/h1-3H,4,10H2. The van der Waals surface area contributed by atoms with E-state index in [0.717, 1.165) is 0 Å². The first-order chi connectivity index (χ1) is 5.79. The molecule has 0 unspecified atom stereocenters. The number of benzene rings is 1. The van der Waals surface area contributed by atoms with E-state index in [4.69, 9.17) is 5.73 Å². The minimum Gasteiger partial charge on any atom is -0.326 e. The molecule has 1 rings (SSSR count). The molecule has 0 bridgehead atoms. The number of nitrogens with zero attached hydrogens (tertiary/aromatic N) is 1. The Morgan fingerprint density at radius 1 is 1.58 bits per heavy atom. The van der Waals surface area contributed by atoms with Crippen molar-refractivity contribution < 1.29 is 4.39 Å². The Balaban J connectivity index is 3.22. The van der Waals surface area contributed by atoms with Crippen LogP contribution in [0.15, 0.2) is 23.2 Å². The van der Waals surface area contributed by atoms with Crippen molar-refractivity contribution in [3.8, 4) is 0 Å². The third-order valence-electron chi connectivity index (χ3n) is 1.44. The molecular formula is C8H7FN2S. The van der Waals surface area contributed by atoms with Crippen molar-refractivity contribution in [2.24, 2.45) is 10.7 Å². The van der Waals surface area contributed by atoms with Gasteiger partial charge in [0.25, 0.3) is 0 Å². The van der Waals surface area contributed by atoms with Crippen molar-refractivity contribution in [3.63, 3.8) is 0 Å². The summed E-state index contributed by atoms with van der Waals surface area (Å²) in [6.45, 7) is 0.159. The summed E-state index contributed by atoms with van der Waals surface area (Å²) in [7, 11) is 0. The lowest BCUT2D eigenvalue weighted by Crippen LogP contribution is -1.99. The number of hydrogen-bond donors (Lipinski definition) is 1. The maximum atomic E-state index is 13.2. The molecule has 1 aromatic rings. The Morgan fingerprint density at radius 2 is 2.33 bits per heavy atom. The van der Waals surface area contributed by atoms with Gasteiger partial charge >= 0.3 is 0 Å². The van der Waals surface area contributed by atoms with Crippen LogP contribution < -0.4 is 5.73 Å². The number of thiocarbonyl (C=S) groups is 1. The second-order valence-corrected chi connectivity index (χ2v) is 2.34. The highest BCUT2D eigenvalue weighted by molar-refractivity contribution is 7.78. The minimum atomic E-state index is -0.419. The molecule has 62 valence electrons. The number of nitrogens with two attached hydrogens (primary N) is 1. The highest BCUT2D eigenvalue weighted by Gasteiger charge is 2.04. The van der Waals surface area contributed by atoms with Crippen molar-refractivity contribution in [3.05, 3.63) is 29.6 Å². The molecule has 1 aromatic carbocycles. The first-order valence-electron chi connectivity index (χ1n) is 3.35. The summed E-state index contributed by atoms with van der Waals surface area (Å²) in [5.74, 6) is -0.419. The van der Waals surface area contributed by atoms with Crippen molar-refractivity contribution >= 4 is 23.1 Å². The second-order valence-electron chi connectivity index (χ2n) is 2.16. The Labute approximate surface area is 74.9 Å². The van der Waals surface area contributed by atoms with Gasteiger partial charge in [0.1, 0.15) is 5.69 Å². The Bertz CT molecular complexity index is 332. The van der Waals surface area contributed by atoms with E-state index in [1.807, 2.05) is 0 Å². The summed E-state index contributed by atoms with van der Waals surface area (Å²) in [5, 5.41) is 2.10. The Morgan fingerprint density at radius 3 is 2.92 bits per heavy atom. The van der Waals surface area contributed by atoms with Gasteiger partial charge in [-0.05, 0) is 18.3 Å². The topological polar surface area (TPSA) is 38.4 Å². The summed E-state index contributed by atoms with van der Waals surface area (Å²) >= 11 is 4.36. The van der Waals surface area contributed by atoms with Gasteiger partial charge in [0.15, 0.2) is 5.82 Å². The molecule has 2 nitrogen and oxygen atoms in total. The van der Waals surface area contributed by atoms with Gasteiger partial charge in [0.05, 0.1) is 5.16 Å². The monoisotopic (exact) mass is 182 g/mol. The summed E-state index contributed by atoms with van der Waals surface area (Å²) in [4.78, 5) is 3.55. The summed E-state index contributed by atoms with van der Waals surface area (Å²) < 4.78 is 13.2. The zero-order chi connectivity index (χ0) is 8.97. The molecule has 4 heteroatoms. The average Bonchev–Trinajstić information content (AvgIpc) is 2.09. The second kappa shape index (κ2) is 4.07. The van der Waals surface area contributed by atoms with Gasteiger partial charge in [-0.1, -0.05) is 12.1 Å². The quantitative estimate of drug-likeness (QED) is 0.561. The van der Waals surface area contributed by atoms with Crippen LogP contribution in [0, 0.1) is 5.82 Å². The molecule has 0 amide bonds. The molecule has 0 aromatic heterocycles. The highest BCUT2D eigenvalue weighted by atomic mass is 32.1. The summed E-state index contributed by atoms with van der Waals surface area (Å²) in [6, 6.07) is 4.81. The van der Waals surface area contributed by atoms with Gasteiger partial charge in [-0.3, -0.25) is 0 Å². The van der Waals surface area contributed by atoms with Crippen molar-refractivity contribution in [1.82, 2.24) is 0 Å². The number of isothiocyanates is 1. The van der Waals surface area contributed by atoms with E-state index in [2.05, 4.69) is 22.4 Å². The lowest BCUT2D eigenvalue weighted by atomic mass is 10.2. The van der Waals surface area contributed by atoms with E-state index in [1.54, 1.807) is 12.1 Å². The largest absolute Gasteiger partial charge is 0.326 e. The fraction of sp³-hybridized carbons (Fsp3) is 0.125. The van der Waals surface area contributed by atoms with Crippen molar-refractivity contribution in [2.75, 3.05) is 0 Å². The van der Waals surface area contributed by atoms with Crippen LogP contribution in [-0.4, -0.2) is 5.16 Å². The van der Waals surface area contributed by atoms with E-state index >= 15 is 0 Å². The van der Waals surface area contributed by atoms with E-state index in [9.17, 15) is 4.39 Å².